The van der Waals surface area contributed by atoms with Crippen LogP contribution in [0.5, 0.6) is 0 Å². The molecule has 1 aliphatic carbocycles. The predicted molar refractivity (Wildman–Crippen MR) is 76.1 cm³/mol. The van der Waals surface area contributed by atoms with Crippen LogP contribution in [0.25, 0.3) is 0 Å². The molecule has 0 unspecified atom stereocenters. The van der Waals surface area contributed by atoms with E-state index < -0.39 is 5.97 Å². The smallest absolute Gasteiger partial charge is 0.337 e. The molecule has 3 fully saturated rings. The largest absolute Gasteiger partial charge is 0.478 e. The fourth-order valence-corrected chi connectivity index (χ4v) is 3.62. The van der Waals surface area contributed by atoms with Gasteiger partial charge in [0.25, 0.3) is 0 Å². The average Bonchev–Trinajstić information content (AvgIpc) is 2.71. The van der Waals surface area contributed by atoms with Gasteiger partial charge in [0.15, 0.2) is 0 Å². The first-order valence-electron chi connectivity index (χ1n) is 6.91. The van der Waals surface area contributed by atoms with Gasteiger partial charge in [-0.15, -0.1) is 0 Å². The Morgan fingerprint density at radius 1 is 1.16 bits per heavy atom. The Hall–Kier alpha value is -1.22. The minimum absolute atomic E-state index is 0.328. The van der Waals surface area contributed by atoms with Crippen molar-refractivity contribution in [1.82, 2.24) is 0 Å². The molecule has 1 aromatic rings. The van der Waals surface area contributed by atoms with Crippen molar-refractivity contribution in [3.05, 3.63) is 28.8 Å². The lowest BCUT2D eigenvalue weighted by molar-refractivity contribution is 0.0697. The second-order valence-corrected chi connectivity index (χ2v) is 6.19. The molecule has 0 aromatic heterocycles. The summed E-state index contributed by atoms with van der Waals surface area (Å²) in [5.41, 5.74) is 1.16. The number of nitrogens with zero attached hydrogens (tertiary/aromatic N) is 1. The van der Waals surface area contributed by atoms with Gasteiger partial charge in [0.2, 0.25) is 0 Å². The van der Waals surface area contributed by atoms with Crippen LogP contribution >= 0.6 is 11.6 Å². The number of hydrogen-bond acceptors (Lipinski definition) is 2. The Kier molecular flexibility index (Phi) is 3.40. The van der Waals surface area contributed by atoms with Crippen molar-refractivity contribution in [2.75, 3.05) is 18.0 Å². The van der Waals surface area contributed by atoms with Gasteiger partial charge >= 0.3 is 5.97 Å². The number of carboxylic acids is 1. The zero-order chi connectivity index (χ0) is 13.4. The Morgan fingerprint density at radius 2 is 1.74 bits per heavy atom. The number of anilines is 1. The lowest BCUT2D eigenvalue weighted by atomic mass is 9.84. The molecule has 1 aromatic carbocycles. The first kappa shape index (κ1) is 12.8. The van der Waals surface area contributed by atoms with Gasteiger partial charge in [-0.1, -0.05) is 11.6 Å². The van der Waals surface area contributed by atoms with E-state index in [1.165, 1.54) is 25.7 Å². The number of halogens is 1. The molecule has 4 rings (SSSR count). The Labute approximate surface area is 118 Å². The maximum absolute atomic E-state index is 11.4. The summed E-state index contributed by atoms with van der Waals surface area (Å²) in [7, 11) is 0. The van der Waals surface area contributed by atoms with E-state index in [-0.39, 0.29) is 0 Å². The molecule has 4 heteroatoms. The molecule has 1 N–H and O–H groups in total. The standard InChI is InChI=1S/C15H18ClNO2/c16-12-5-6-14(13(7-12)15(18)19)17-8-10-1-2-11(9-17)4-3-10/h5-7,10-11H,1-4,8-9H2,(H,18,19). The molecule has 3 nitrogen and oxygen atoms in total. The van der Waals surface area contributed by atoms with Gasteiger partial charge < -0.3 is 10.0 Å². The summed E-state index contributed by atoms with van der Waals surface area (Å²) in [6, 6.07) is 5.21. The fraction of sp³-hybridized carbons (Fsp3) is 0.533. The summed E-state index contributed by atoms with van der Waals surface area (Å²) < 4.78 is 0. The fourth-order valence-electron chi connectivity index (χ4n) is 3.45. The summed E-state index contributed by atoms with van der Waals surface area (Å²) in [6.45, 7) is 1.97. The number of aromatic carboxylic acids is 1. The van der Waals surface area contributed by atoms with Gasteiger partial charge in [0.05, 0.1) is 11.3 Å². The van der Waals surface area contributed by atoms with E-state index >= 15 is 0 Å². The highest BCUT2D eigenvalue weighted by Crippen LogP contribution is 2.37. The molecular formula is C15H18ClNO2. The van der Waals surface area contributed by atoms with E-state index in [9.17, 15) is 9.90 Å². The minimum Gasteiger partial charge on any atom is -0.478 e. The number of fused-ring (bicyclic) bond motifs is 4. The monoisotopic (exact) mass is 279 g/mol. The number of rotatable bonds is 2. The van der Waals surface area contributed by atoms with E-state index in [0.717, 1.165) is 30.6 Å². The van der Waals surface area contributed by atoms with Gasteiger partial charge in [-0.05, 0) is 55.7 Å². The van der Waals surface area contributed by atoms with Gasteiger partial charge in [-0.25, -0.2) is 4.79 Å². The zero-order valence-corrected chi connectivity index (χ0v) is 11.6. The Balaban J connectivity index is 1.95. The lowest BCUT2D eigenvalue weighted by Gasteiger charge is -2.26. The van der Waals surface area contributed by atoms with Crippen LogP contribution in [0.4, 0.5) is 5.69 Å². The van der Waals surface area contributed by atoms with E-state index in [1.807, 2.05) is 6.07 Å². The van der Waals surface area contributed by atoms with Crippen LogP contribution in [-0.2, 0) is 0 Å². The molecule has 19 heavy (non-hydrogen) atoms. The van der Waals surface area contributed by atoms with Gasteiger partial charge in [-0.2, -0.15) is 0 Å². The van der Waals surface area contributed by atoms with E-state index in [4.69, 9.17) is 11.6 Å². The van der Waals surface area contributed by atoms with Crippen LogP contribution in [-0.4, -0.2) is 24.2 Å². The molecule has 0 radical (unpaired) electrons. The highest BCUT2D eigenvalue weighted by molar-refractivity contribution is 6.31. The van der Waals surface area contributed by atoms with Crippen LogP contribution in [0, 0.1) is 11.8 Å². The molecule has 2 aliphatic heterocycles. The number of benzene rings is 1. The maximum atomic E-state index is 11.4. The quantitative estimate of drug-likeness (QED) is 0.898. The average molecular weight is 280 g/mol. The van der Waals surface area contributed by atoms with Crippen molar-refractivity contribution in [1.29, 1.82) is 0 Å². The van der Waals surface area contributed by atoms with Crippen molar-refractivity contribution in [2.24, 2.45) is 11.8 Å². The van der Waals surface area contributed by atoms with Crippen molar-refractivity contribution < 1.29 is 9.90 Å². The minimum atomic E-state index is -0.894. The number of carboxylic acid groups (broad SMARTS) is 1. The molecule has 102 valence electrons. The van der Waals surface area contributed by atoms with E-state index in [2.05, 4.69) is 4.90 Å². The molecule has 1 saturated carbocycles. The second kappa shape index (κ2) is 5.04. The lowest BCUT2D eigenvalue weighted by Crippen LogP contribution is -2.29. The van der Waals surface area contributed by atoms with Crippen molar-refractivity contribution >= 4 is 23.3 Å². The molecule has 3 aliphatic rings. The SMILES string of the molecule is O=C(O)c1cc(Cl)ccc1N1CC2CCC(CC2)C1. The normalized spacial score (nSPS) is 26.3. The van der Waals surface area contributed by atoms with Gasteiger partial charge in [0.1, 0.15) is 0 Å². The van der Waals surface area contributed by atoms with Crippen LogP contribution < -0.4 is 4.90 Å². The third-order valence-corrected chi connectivity index (χ3v) is 4.69. The molecule has 2 bridgehead atoms. The molecule has 0 amide bonds. The number of hydrogen-bond donors (Lipinski definition) is 1. The number of carbonyl (C=O) groups is 1. The van der Waals surface area contributed by atoms with Crippen molar-refractivity contribution in [2.45, 2.75) is 25.7 Å². The molecule has 0 spiro atoms. The first-order valence-corrected chi connectivity index (χ1v) is 7.29. The zero-order valence-electron chi connectivity index (χ0n) is 10.8. The summed E-state index contributed by atoms with van der Waals surface area (Å²) in [5.74, 6) is 0.543. The highest BCUT2D eigenvalue weighted by atomic mass is 35.5. The van der Waals surface area contributed by atoms with Gasteiger partial charge in [0, 0.05) is 18.1 Å². The third kappa shape index (κ3) is 2.57. The van der Waals surface area contributed by atoms with Crippen LogP contribution in [0.3, 0.4) is 0 Å². The van der Waals surface area contributed by atoms with E-state index in [1.54, 1.807) is 12.1 Å². The third-order valence-electron chi connectivity index (χ3n) is 4.45. The molecule has 2 heterocycles. The first-order chi connectivity index (χ1) is 9.13. The van der Waals surface area contributed by atoms with Crippen molar-refractivity contribution in [3.63, 3.8) is 0 Å². The van der Waals surface area contributed by atoms with Crippen LogP contribution in [0.1, 0.15) is 36.0 Å². The van der Waals surface area contributed by atoms with Gasteiger partial charge in [-0.3, -0.25) is 0 Å². The Bertz CT molecular complexity index is 481. The highest BCUT2D eigenvalue weighted by Gasteiger charge is 2.30. The van der Waals surface area contributed by atoms with E-state index in [0.29, 0.717) is 10.6 Å². The van der Waals surface area contributed by atoms with Crippen molar-refractivity contribution in [3.8, 4) is 0 Å². The molecule has 2 saturated heterocycles. The summed E-state index contributed by atoms with van der Waals surface area (Å²) in [6.07, 6.45) is 5.16. The Morgan fingerprint density at radius 3 is 2.26 bits per heavy atom. The predicted octanol–water partition coefficient (Wildman–Crippen LogP) is 3.66. The van der Waals surface area contributed by atoms with Crippen LogP contribution in [0.2, 0.25) is 5.02 Å². The summed E-state index contributed by atoms with van der Waals surface area (Å²) >= 11 is 5.92. The second-order valence-electron chi connectivity index (χ2n) is 5.76. The summed E-state index contributed by atoms with van der Waals surface area (Å²) in [5, 5.41) is 9.84. The molecular weight excluding hydrogens is 262 g/mol. The molecule has 0 atom stereocenters. The summed E-state index contributed by atoms with van der Waals surface area (Å²) in [4.78, 5) is 13.7. The topological polar surface area (TPSA) is 40.5 Å². The maximum Gasteiger partial charge on any atom is 0.337 e. The van der Waals surface area contributed by atoms with Crippen LogP contribution in [0.15, 0.2) is 18.2 Å².